The molecule has 3 aliphatic rings. The second kappa shape index (κ2) is 5.35. The van der Waals surface area contributed by atoms with Crippen LogP contribution < -0.4 is 0 Å². The van der Waals surface area contributed by atoms with Crippen molar-refractivity contribution in [2.45, 2.75) is 69.7 Å². The molecule has 0 radical (unpaired) electrons. The van der Waals surface area contributed by atoms with Gasteiger partial charge in [-0.2, -0.15) is 0 Å². The van der Waals surface area contributed by atoms with Crippen molar-refractivity contribution in [2.75, 3.05) is 13.7 Å². The smallest absolute Gasteiger partial charge is 0.246 e. The number of carbonyl (C=O) groups excluding carboxylic acids is 2. The van der Waals surface area contributed by atoms with E-state index in [-0.39, 0.29) is 36.0 Å². The number of piperazine rings is 1. The summed E-state index contributed by atoms with van der Waals surface area (Å²) in [5.41, 5.74) is 0. The number of ether oxygens (including phenoxy) is 1. The summed E-state index contributed by atoms with van der Waals surface area (Å²) in [6.07, 6.45) is 5.62. The second-order valence-corrected chi connectivity index (χ2v) is 6.20. The average Bonchev–Trinajstić information content (AvgIpc) is 2.43. The lowest BCUT2D eigenvalue weighted by Crippen LogP contribution is -2.69. The zero-order chi connectivity index (χ0) is 14.3. The van der Waals surface area contributed by atoms with Crippen molar-refractivity contribution in [1.29, 1.82) is 0 Å². The Labute approximate surface area is 120 Å². The molecule has 5 nitrogen and oxygen atoms in total. The summed E-state index contributed by atoms with van der Waals surface area (Å²) in [6.45, 7) is 2.75. The fourth-order valence-electron chi connectivity index (χ4n) is 3.85. The van der Waals surface area contributed by atoms with Gasteiger partial charge in [0.2, 0.25) is 11.8 Å². The van der Waals surface area contributed by atoms with E-state index in [1.807, 2.05) is 16.7 Å². The van der Waals surface area contributed by atoms with Crippen LogP contribution in [-0.4, -0.2) is 59.5 Å². The average molecular weight is 280 g/mol. The van der Waals surface area contributed by atoms with Gasteiger partial charge in [0.05, 0.1) is 6.10 Å². The molecule has 5 heteroatoms. The van der Waals surface area contributed by atoms with Crippen LogP contribution in [0.2, 0.25) is 0 Å². The molecule has 2 aliphatic heterocycles. The van der Waals surface area contributed by atoms with Crippen LogP contribution in [0.25, 0.3) is 0 Å². The quantitative estimate of drug-likeness (QED) is 0.779. The van der Waals surface area contributed by atoms with E-state index < -0.39 is 0 Å². The molecule has 2 unspecified atom stereocenters. The van der Waals surface area contributed by atoms with E-state index >= 15 is 0 Å². The van der Waals surface area contributed by atoms with Gasteiger partial charge in [-0.1, -0.05) is 6.92 Å². The van der Waals surface area contributed by atoms with Crippen LogP contribution in [-0.2, 0) is 14.3 Å². The maximum atomic E-state index is 12.8. The van der Waals surface area contributed by atoms with E-state index in [9.17, 15) is 9.59 Å². The third-order valence-electron chi connectivity index (χ3n) is 5.13. The predicted octanol–water partition coefficient (Wildman–Crippen LogP) is 1.17. The zero-order valence-corrected chi connectivity index (χ0v) is 12.4. The normalized spacial score (nSPS) is 37.7. The third-order valence-corrected chi connectivity index (χ3v) is 5.13. The molecule has 0 aromatic carbocycles. The molecule has 3 rings (SSSR count). The van der Waals surface area contributed by atoms with Gasteiger partial charge in [0.15, 0.2) is 0 Å². The minimum Gasteiger partial charge on any atom is -0.381 e. The van der Waals surface area contributed by atoms with Gasteiger partial charge in [0.25, 0.3) is 0 Å². The van der Waals surface area contributed by atoms with Crippen molar-refractivity contribution >= 4 is 11.8 Å². The Kier molecular flexibility index (Phi) is 3.71. The molecule has 0 aromatic heterocycles. The highest BCUT2D eigenvalue weighted by Gasteiger charge is 2.50. The molecule has 2 saturated heterocycles. The van der Waals surface area contributed by atoms with Crippen molar-refractivity contribution in [3.8, 4) is 0 Å². The SMILES string of the molecule is CCC1C(=O)N2CCCCC2C(=O)N1C1CC(OC)C1. The summed E-state index contributed by atoms with van der Waals surface area (Å²) in [6, 6.07) is -0.245. The topological polar surface area (TPSA) is 49.9 Å². The summed E-state index contributed by atoms with van der Waals surface area (Å²) in [4.78, 5) is 29.2. The van der Waals surface area contributed by atoms with Crippen molar-refractivity contribution in [3.05, 3.63) is 0 Å². The van der Waals surface area contributed by atoms with Crippen LogP contribution in [0.3, 0.4) is 0 Å². The fraction of sp³-hybridized carbons (Fsp3) is 0.867. The van der Waals surface area contributed by atoms with Crippen LogP contribution in [0, 0.1) is 0 Å². The lowest BCUT2D eigenvalue weighted by atomic mass is 9.83. The van der Waals surface area contributed by atoms with Crippen LogP contribution in [0.15, 0.2) is 0 Å². The Hall–Kier alpha value is -1.10. The highest BCUT2D eigenvalue weighted by atomic mass is 16.5. The molecule has 0 aromatic rings. The summed E-state index contributed by atoms with van der Waals surface area (Å²) >= 11 is 0. The van der Waals surface area contributed by atoms with E-state index in [0.29, 0.717) is 6.42 Å². The van der Waals surface area contributed by atoms with Gasteiger partial charge in [0, 0.05) is 19.7 Å². The molecule has 0 bridgehead atoms. The maximum Gasteiger partial charge on any atom is 0.246 e. The molecule has 3 fully saturated rings. The van der Waals surface area contributed by atoms with Crippen molar-refractivity contribution < 1.29 is 14.3 Å². The van der Waals surface area contributed by atoms with E-state index in [1.165, 1.54) is 0 Å². The van der Waals surface area contributed by atoms with Gasteiger partial charge in [0.1, 0.15) is 12.1 Å². The third kappa shape index (κ3) is 2.03. The first-order chi connectivity index (χ1) is 9.67. The highest BCUT2D eigenvalue weighted by molar-refractivity contribution is 5.97. The number of methoxy groups -OCH3 is 1. The van der Waals surface area contributed by atoms with E-state index in [2.05, 4.69) is 0 Å². The summed E-state index contributed by atoms with van der Waals surface area (Å²) in [5, 5.41) is 0. The van der Waals surface area contributed by atoms with Gasteiger partial charge >= 0.3 is 0 Å². The molecule has 2 amide bonds. The number of fused-ring (bicyclic) bond motifs is 1. The first-order valence-electron chi connectivity index (χ1n) is 7.82. The summed E-state index contributed by atoms with van der Waals surface area (Å²) < 4.78 is 5.31. The highest BCUT2D eigenvalue weighted by Crippen LogP contribution is 2.35. The Morgan fingerprint density at radius 1 is 1.20 bits per heavy atom. The van der Waals surface area contributed by atoms with Gasteiger partial charge in [-0.25, -0.2) is 0 Å². The van der Waals surface area contributed by atoms with Gasteiger partial charge in [-0.3, -0.25) is 9.59 Å². The molecular weight excluding hydrogens is 256 g/mol. The van der Waals surface area contributed by atoms with Gasteiger partial charge in [-0.05, 0) is 38.5 Å². The van der Waals surface area contributed by atoms with Crippen LogP contribution in [0.5, 0.6) is 0 Å². The van der Waals surface area contributed by atoms with Crippen molar-refractivity contribution in [1.82, 2.24) is 9.80 Å². The number of hydrogen-bond acceptors (Lipinski definition) is 3. The van der Waals surface area contributed by atoms with Gasteiger partial charge in [-0.15, -0.1) is 0 Å². The number of hydrogen-bond donors (Lipinski definition) is 0. The molecule has 0 spiro atoms. The molecule has 1 aliphatic carbocycles. The standard InChI is InChI=1S/C15H24N2O3/c1-3-12-14(18)16-7-5-4-6-13(16)15(19)17(12)10-8-11(9-10)20-2/h10-13H,3-9H2,1-2H3. The lowest BCUT2D eigenvalue weighted by Gasteiger charge is -2.52. The van der Waals surface area contributed by atoms with Crippen LogP contribution >= 0.6 is 0 Å². The van der Waals surface area contributed by atoms with Crippen molar-refractivity contribution in [2.24, 2.45) is 0 Å². The first kappa shape index (κ1) is 13.9. The number of rotatable bonds is 3. The molecule has 2 atom stereocenters. The van der Waals surface area contributed by atoms with Crippen molar-refractivity contribution in [3.63, 3.8) is 0 Å². The Balaban J connectivity index is 1.80. The molecular formula is C15H24N2O3. The molecule has 2 heterocycles. The number of nitrogens with zero attached hydrogens (tertiary/aromatic N) is 2. The largest absolute Gasteiger partial charge is 0.381 e. The predicted molar refractivity (Wildman–Crippen MR) is 74.1 cm³/mol. The van der Waals surface area contributed by atoms with Crippen LogP contribution in [0.4, 0.5) is 0 Å². The number of piperidine rings is 1. The van der Waals surface area contributed by atoms with E-state index in [4.69, 9.17) is 4.74 Å². The molecule has 1 saturated carbocycles. The molecule has 112 valence electrons. The summed E-state index contributed by atoms with van der Waals surface area (Å²) in [7, 11) is 1.71. The molecule has 20 heavy (non-hydrogen) atoms. The monoisotopic (exact) mass is 280 g/mol. The van der Waals surface area contributed by atoms with Crippen LogP contribution in [0.1, 0.15) is 45.4 Å². The van der Waals surface area contributed by atoms with E-state index in [1.54, 1.807) is 7.11 Å². The second-order valence-electron chi connectivity index (χ2n) is 6.20. The fourth-order valence-corrected chi connectivity index (χ4v) is 3.85. The minimum absolute atomic E-state index is 0.165. The first-order valence-corrected chi connectivity index (χ1v) is 7.82. The van der Waals surface area contributed by atoms with Gasteiger partial charge < -0.3 is 14.5 Å². The Morgan fingerprint density at radius 3 is 2.60 bits per heavy atom. The Bertz CT molecular complexity index is 406. The lowest BCUT2D eigenvalue weighted by molar-refractivity contribution is -0.172. The molecule has 0 N–H and O–H groups in total. The zero-order valence-electron chi connectivity index (χ0n) is 12.4. The minimum atomic E-state index is -0.250. The number of amides is 2. The summed E-state index contributed by atoms with van der Waals surface area (Å²) in [5.74, 6) is 0.341. The maximum absolute atomic E-state index is 12.8. The van der Waals surface area contributed by atoms with E-state index in [0.717, 1.165) is 38.6 Å². The number of carbonyl (C=O) groups is 2. The Morgan fingerprint density at radius 2 is 1.95 bits per heavy atom.